The Hall–Kier alpha value is -1.90. The van der Waals surface area contributed by atoms with Crippen molar-refractivity contribution in [2.75, 3.05) is 7.11 Å². The zero-order valence-electron chi connectivity index (χ0n) is 12.7. The molecular formula is C17H22N2O. The number of fused-ring (bicyclic) bond motifs is 1. The summed E-state index contributed by atoms with van der Waals surface area (Å²) in [5.74, 6) is 2.38. The van der Waals surface area contributed by atoms with E-state index in [1.54, 1.807) is 13.2 Å². The van der Waals surface area contributed by atoms with Gasteiger partial charge in [-0.3, -0.25) is 0 Å². The SMILES string of the molecule is C=Cc1cc2c(C)nc(CCC(C)C)nc2cc1OC. The predicted molar refractivity (Wildman–Crippen MR) is 84.1 cm³/mol. The van der Waals surface area contributed by atoms with Crippen LogP contribution in [0.2, 0.25) is 0 Å². The number of ether oxygens (including phenoxy) is 1. The van der Waals surface area contributed by atoms with Gasteiger partial charge in [0.15, 0.2) is 0 Å². The van der Waals surface area contributed by atoms with Crippen LogP contribution in [0, 0.1) is 12.8 Å². The summed E-state index contributed by atoms with van der Waals surface area (Å²) in [6.45, 7) is 10.3. The molecule has 0 saturated heterocycles. The third-order valence-corrected chi connectivity index (χ3v) is 3.45. The fourth-order valence-electron chi connectivity index (χ4n) is 2.25. The van der Waals surface area contributed by atoms with Gasteiger partial charge in [0, 0.05) is 29.1 Å². The lowest BCUT2D eigenvalue weighted by Crippen LogP contribution is -2.01. The molecule has 0 aliphatic heterocycles. The first kappa shape index (κ1) is 14.5. The highest BCUT2D eigenvalue weighted by Crippen LogP contribution is 2.27. The molecule has 1 aromatic heterocycles. The molecule has 0 atom stereocenters. The zero-order valence-corrected chi connectivity index (χ0v) is 12.7. The van der Waals surface area contributed by atoms with E-state index in [9.17, 15) is 0 Å². The van der Waals surface area contributed by atoms with E-state index in [-0.39, 0.29) is 0 Å². The monoisotopic (exact) mass is 270 g/mol. The third-order valence-electron chi connectivity index (χ3n) is 3.45. The molecule has 1 aromatic carbocycles. The second-order valence-corrected chi connectivity index (χ2v) is 5.47. The van der Waals surface area contributed by atoms with Gasteiger partial charge >= 0.3 is 0 Å². The van der Waals surface area contributed by atoms with Crippen molar-refractivity contribution in [1.82, 2.24) is 9.97 Å². The summed E-state index contributed by atoms with van der Waals surface area (Å²) in [6, 6.07) is 4.02. The Bertz CT molecular complexity index is 632. The number of aromatic nitrogens is 2. The van der Waals surface area contributed by atoms with Gasteiger partial charge < -0.3 is 4.74 Å². The summed E-state index contributed by atoms with van der Waals surface area (Å²) < 4.78 is 5.39. The van der Waals surface area contributed by atoms with Gasteiger partial charge in [-0.15, -0.1) is 0 Å². The second kappa shape index (κ2) is 6.04. The molecule has 106 valence electrons. The molecule has 0 saturated carbocycles. The summed E-state index contributed by atoms with van der Waals surface area (Å²) in [6.07, 6.45) is 3.82. The minimum Gasteiger partial charge on any atom is -0.496 e. The molecule has 0 amide bonds. The molecule has 1 heterocycles. The molecule has 0 aliphatic rings. The Morgan fingerprint density at radius 1 is 1.30 bits per heavy atom. The first-order valence-corrected chi connectivity index (χ1v) is 7.02. The quantitative estimate of drug-likeness (QED) is 0.817. The van der Waals surface area contributed by atoms with Crippen LogP contribution in [-0.4, -0.2) is 17.1 Å². The number of benzene rings is 1. The van der Waals surface area contributed by atoms with E-state index >= 15 is 0 Å². The molecule has 3 heteroatoms. The maximum Gasteiger partial charge on any atom is 0.129 e. The molecule has 0 N–H and O–H groups in total. The Morgan fingerprint density at radius 2 is 2.05 bits per heavy atom. The molecule has 0 bridgehead atoms. The van der Waals surface area contributed by atoms with Crippen molar-refractivity contribution >= 4 is 17.0 Å². The molecule has 0 spiro atoms. The van der Waals surface area contributed by atoms with Crippen molar-refractivity contribution in [3.05, 3.63) is 35.8 Å². The molecule has 0 aliphatic carbocycles. The van der Waals surface area contributed by atoms with Crippen LogP contribution in [0.4, 0.5) is 0 Å². The van der Waals surface area contributed by atoms with Crippen molar-refractivity contribution in [2.45, 2.75) is 33.6 Å². The van der Waals surface area contributed by atoms with Crippen molar-refractivity contribution in [3.8, 4) is 5.75 Å². The lowest BCUT2D eigenvalue weighted by Gasteiger charge is -2.10. The molecule has 0 unspecified atom stereocenters. The summed E-state index contributed by atoms with van der Waals surface area (Å²) in [5.41, 5.74) is 2.93. The van der Waals surface area contributed by atoms with Crippen LogP contribution in [0.3, 0.4) is 0 Å². The van der Waals surface area contributed by atoms with Gasteiger partial charge in [-0.2, -0.15) is 0 Å². The first-order chi connectivity index (χ1) is 9.55. The number of nitrogens with zero attached hydrogens (tertiary/aromatic N) is 2. The lowest BCUT2D eigenvalue weighted by atomic mass is 10.1. The third kappa shape index (κ3) is 2.98. The fourth-order valence-corrected chi connectivity index (χ4v) is 2.25. The standard InChI is InChI=1S/C17H22N2O/c1-6-13-9-14-12(4)18-17(8-7-11(2)3)19-15(14)10-16(13)20-5/h6,9-11H,1,7-8H2,2-5H3. The highest BCUT2D eigenvalue weighted by molar-refractivity contribution is 5.85. The van der Waals surface area contributed by atoms with E-state index in [2.05, 4.69) is 30.4 Å². The van der Waals surface area contributed by atoms with Crippen LogP contribution in [0.1, 0.15) is 37.4 Å². The molecule has 2 rings (SSSR count). The summed E-state index contributed by atoms with van der Waals surface area (Å²) in [7, 11) is 1.67. The lowest BCUT2D eigenvalue weighted by molar-refractivity contribution is 0.414. The van der Waals surface area contributed by atoms with Crippen molar-refractivity contribution in [3.63, 3.8) is 0 Å². The van der Waals surface area contributed by atoms with E-state index in [1.807, 2.05) is 19.1 Å². The largest absolute Gasteiger partial charge is 0.496 e. The maximum atomic E-state index is 5.39. The fraction of sp³-hybridized carbons (Fsp3) is 0.412. The molecular weight excluding hydrogens is 248 g/mol. The Morgan fingerprint density at radius 3 is 2.65 bits per heavy atom. The van der Waals surface area contributed by atoms with Crippen LogP contribution >= 0.6 is 0 Å². The molecule has 2 aromatic rings. The Labute approximate surface area is 120 Å². The zero-order chi connectivity index (χ0) is 14.7. The number of aryl methyl sites for hydroxylation is 2. The Balaban J connectivity index is 2.50. The highest BCUT2D eigenvalue weighted by atomic mass is 16.5. The summed E-state index contributed by atoms with van der Waals surface area (Å²) >= 11 is 0. The van der Waals surface area contributed by atoms with E-state index in [0.29, 0.717) is 5.92 Å². The van der Waals surface area contributed by atoms with Gasteiger partial charge in [0.2, 0.25) is 0 Å². The average Bonchev–Trinajstić information content (AvgIpc) is 2.43. The van der Waals surface area contributed by atoms with Crippen LogP contribution in [0.15, 0.2) is 18.7 Å². The van der Waals surface area contributed by atoms with E-state index < -0.39 is 0 Å². The second-order valence-electron chi connectivity index (χ2n) is 5.47. The topological polar surface area (TPSA) is 35.0 Å². The van der Waals surface area contributed by atoms with Crippen LogP contribution in [0.5, 0.6) is 5.75 Å². The van der Waals surface area contributed by atoms with Gasteiger partial charge in [0.1, 0.15) is 11.6 Å². The van der Waals surface area contributed by atoms with Crippen LogP contribution in [0.25, 0.3) is 17.0 Å². The number of hydrogen-bond donors (Lipinski definition) is 0. The van der Waals surface area contributed by atoms with Crippen molar-refractivity contribution in [1.29, 1.82) is 0 Å². The smallest absolute Gasteiger partial charge is 0.129 e. The maximum absolute atomic E-state index is 5.39. The van der Waals surface area contributed by atoms with Gasteiger partial charge in [0.05, 0.1) is 12.6 Å². The van der Waals surface area contributed by atoms with Crippen molar-refractivity contribution < 1.29 is 4.74 Å². The minimum absolute atomic E-state index is 0.660. The van der Waals surface area contributed by atoms with Crippen LogP contribution in [-0.2, 0) is 6.42 Å². The van der Waals surface area contributed by atoms with Crippen LogP contribution < -0.4 is 4.74 Å². The predicted octanol–water partition coefficient (Wildman–Crippen LogP) is 4.18. The number of rotatable bonds is 5. The minimum atomic E-state index is 0.660. The summed E-state index contributed by atoms with van der Waals surface area (Å²) in [4.78, 5) is 9.28. The Kier molecular flexibility index (Phi) is 4.38. The molecule has 0 radical (unpaired) electrons. The van der Waals surface area contributed by atoms with E-state index in [0.717, 1.165) is 46.6 Å². The van der Waals surface area contributed by atoms with Crippen molar-refractivity contribution in [2.24, 2.45) is 5.92 Å². The van der Waals surface area contributed by atoms with E-state index in [1.165, 1.54) is 0 Å². The van der Waals surface area contributed by atoms with Gasteiger partial charge in [-0.05, 0) is 25.3 Å². The molecule has 20 heavy (non-hydrogen) atoms. The average molecular weight is 270 g/mol. The first-order valence-electron chi connectivity index (χ1n) is 7.02. The van der Waals surface area contributed by atoms with E-state index in [4.69, 9.17) is 4.74 Å². The van der Waals surface area contributed by atoms with Gasteiger partial charge in [-0.1, -0.05) is 26.5 Å². The normalized spacial score (nSPS) is 11.1. The molecule has 0 fully saturated rings. The number of hydrogen-bond acceptors (Lipinski definition) is 3. The van der Waals surface area contributed by atoms with Gasteiger partial charge in [0.25, 0.3) is 0 Å². The van der Waals surface area contributed by atoms with Gasteiger partial charge in [-0.25, -0.2) is 9.97 Å². The number of methoxy groups -OCH3 is 1. The molecule has 3 nitrogen and oxygen atoms in total. The highest BCUT2D eigenvalue weighted by Gasteiger charge is 2.09. The summed E-state index contributed by atoms with van der Waals surface area (Å²) in [5, 5.41) is 1.06.